The molecule has 1 unspecified atom stereocenters. The van der Waals surface area contributed by atoms with Crippen LogP contribution in [0.5, 0.6) is 17.2 Å². The Kier molecular flexibility index (Phi) is 6.28. The van der Waals surface area contributed by atoms with Gasteiger partial charge in [-0.15, -0.1) is 0 Å². The number of benzene rings is 2. The lowest BCUT2D eigenvalue weighted by atomic mass is 10.0. The van der Waals surface area contributed by atoms with Crippen LogP contribution in [0.4, 0.5) is 0 Å². The average Bonchev–Trinajstić information content (AvgIpc) is 2.66. The SMILES string of the molecule is CCc1ccc(C(C)NC(=O)c2ccc(OC)c(OC)c2OC)cc1. The predicted molar refractivity (Wildman–Crippen MR) is 97.8 cm³/mol. The van der Waals surface area contributed by atoms with Crippen molar-refractivity contribution in [3.05, 3.63) is 53.1 Å². The zero-order valence-corrected chi connectivity index (χ0v) is 15.4. The Morgan fingerprint density at radius 3 is 2.12 bits per heavy atom. The Hall–Kier alpha value is -2.69. The smallest absolute Gasteiger partial charge is 0.255 e. The van der Waals surface area contributed by atoms with E-state index in [2.05, 4.69) is 24.4 Å². The Bertz CT molecular complexity index is 725. The van der Waals surface area contributed by atoms with E-state index in [0.29, 0.717) is 22.8 Å². The zero-order valence-electron chi connectivity index (χ0n) is 15.4. The molecule has 2 aromatic rings. The van der Waals surface area contributed by atoms with E-state index in [1.165, 1.54) is 19.8 Å². The van der Waals surface area contributed by atoms with Crippen LogP contribution in [0.15, 0.2) is 36.4 Å². The van der Waals surface area contributed by atoms with Crippen molar-refractivity contribution < 1.29 is 19.0 Å². The van der Waals surface area contributed by atoms with Crippen LogP contribution in [0.3, 0.4) is 0 Å². The quantitative estimate of drug-likeness (QED) is 0.831. The Morgan fingerprint density at radius 1 is 0.960 bits per heavy atom. The van der Waals surface area contributed by atoms with Crippen LogP contribution in [-0.2, 0) is 6.42 Å². The van der Waals surface area contributed by atoms with Crippen molar-refractivity contribution in [2.75, 3.05) is 21.3 Å². The highest BCUT2D eigenvalue weighted by atomic mass is 16.5. The van der Waals surface area contributed by atoms with Gasteiger partial charge in [0, 0.05) is 0 Å². The molecule has 0 aromatic heterocycles. The number of amides is 1. The summed E-state index contributed by atoms with van der Waals surface area (Å²) in [4.78, 5) is 12.7. The Balaban J connectivity index is 2.24. The highest BCUT2D eigenvalue weighted by Gasteiger charge is 2.21. The van der Waals surface area contributed by atoms with Gasteiger partial charge in [0.05, 0.1) is 32.9 Å². The first kappa shape index (κ1) is 18.6. The largest absolute Gasteiger partial charge is 0.493 e. The molecule has 2 rings (SSSR count). The van der Waals surface area contributed by atoms with Gasteiger partial charge in [-0.05, 0) is 36.6 Å². The molecule has 0 saturated carbocycles. The maximum atomic E-state index is 12.7. The summed E-state index contributed by atoms with van der Waals surface area (Å²) >= 11 is 0. The fourth-order valence-corrected chi connectivity index (χ4v) is 2.68. The van der Waals surface area contributed by atoms with Crippen molar-refractivity contribution in [3.63, 3.8) is 0 Å². The van der Waals surface area contributed by atoms with Gasteiger partial charge >= 0.3 is 0 Å². The van der Waals surface area contributed by atoms with Gasteiger partial charge in [-0.2, -0.15) is 0 Å². The minimum atomic E-state index is -0.232. The topological polar surface area (TPSA) is 56.8 Å². The number of ether oxygens (including phenoxy) is 3. The molecule has 0 saturated heterocycles. The zero-order chi connectivity index (χ0) is 18.4. The van der Waals surface area contributed by atoms with Crippen molar-refractivity contribution in [1.82, 2.24) is 5.32 Å². The minimum absolute atomic E-state index is 0.129. The number of hydrogen-bond acceptors (Lipinski definition) is 4. The van der Waals surface area contributed by atoms with E-state index < -0.39 is 0 Å². The van der Waals surface area contributed by atoms with Crippen molar-refractivity contribution in [2.45, 2.75) is 26.3 Å². The second-order valence-corrected chi connectivity index (χ2v) is 5.67. The summed E-state index contributed by atoms with van der Waals surface area (Å²) in [5, 5.41) is 3.00. The number of nitrogens with one attached hydrogen (secondary N) is 1. The van der Waals surface area contributed by atoms with Crippen LogP contribution in [-0.4, -0.2) is 27.2 Å². The fourth-order valence-electron chi connectivity index (χ4n) is 2.68. The molecule has 2 aromatic carbocycles. The van der Waals surface area contributed by atoms with Crippen LogP contribution in [0.25, 0.3) is 0 Å². The van der Waals surface area contributed by atoms with Crippen molar-refractivity contribution in [1.29, 1.82) is 0 Å². The van der Waals surface area contributed by atoms with Crippen molar-refractivity contribution in [2.24, 2.45) is 0 Å². The van der Waals surface area contributed by atoms with Gasteiger partial charge in [0.15, 0.2) is 11.5 Å². The highest BCUT2D eigenvalue weighted by molar-refractivity contribution is 5.98. The molecule has 0 heterocycles. The summed E-state index contributed by atoms with van der Waals surface area (Å²) < 4.78 is 16.0. The van der Waals surface area contributed by atoms with Crippen molar-refractivity contribution in [3.8, 4) is 17.2 Å². The molecule has 1 N–H and O–H groups in total. The van der Waals surface area contributed by atoms with Gasteiger partial charge in [0.2, 0.25) is 5.75 Å². The molecule has 1 atom stereocenters. The first-order chi connectivity index (χ1) is 12.0. The van der Waals surface area contributed by atoms with Gasteiger partial charge in [-0.1, -0.05) is 31.2 Å². The van der Waals surface area contributed by atoms with E-state index in [-0.39, 0.29) is 11.9 Å². The van der Waals surface area contributed by atoms with E-state index in [9.17, 15) is 4.79 Å². The Labute approximate surface area is 148 Å². The van der Waals surface area contributed by atoms with E-state index >= 15 is 0 Å². The fraction of sp³-hybridized carbons (Fsp3) is 0.350. The molecule has 0 radical (unpaired) electrons. The maximum absolute atomic E-state index is 12.7. The summed E-state index contributed by atoms with van der Waals surface area (Å²) in [5.74, 6) is 1.04. The average molecular weight is 343 g/mol. The van der Waals surface area contributed by atoms with Gasteiger partial charge in [-0.3, -0.25) is 4.79 Å². The monoisotopic (exact) mass is 343 g/mol. The second-order valence-electron chi connectivity index (χ2n) is 5.67. The first-order valence-electron chi connectivity index (χ1n) is 8.24. The maximum Gasteiger partial charge on any atom is 0.255 e. The molecule has 134 valence electrons. The molecule has 5 heteroatoms. The normalized spacial score (nSPS) is 11.6. The third kappa shape index (κ3) is 4.05. The molecule has 1 amide bonds. The lowest BCUT2D eigenvalue weighted by Crippen LogP contribution is -2.27. The summed E-state index contributed by atoms with van der Waals surface area (Å²) in [7, 11) is 4.56. The van der Waals surface area contributed by atoms with Crippen molar-refractivity contribution >= 4 is 5.91 Å². The molecule has 0 bridgehead atoms. The third-order valence-corrected chi connectivity index (χ3v) is 4.18. The molecule has 0 aliphatic rings. The van der Waals surface area contributed by atoms with Gasteiger partial charge in [0.25, 0.3) is 5.91 Å². The molecule has 0 fully saturated rings. The van der Waals surface area contributed by atoms with Crippen LogP contribution in [0.2, 0.25) is 0 Å². The molecule has 5 nitrogen and oxygen atoms in total. The molecular formula is C20H25NO4. The number of carbonyl (C=O) groups is 1. The number of carbonyl (C=O) groups excluding carboxylic acids is 1. The lowest BCUT2D eigenvalue weighted by molar-refractivity contribution is 0.0936. The summed E-state index contributed by atoms with van der Waals surface area (Å²) in [5.41, 5.74) is 2.71. The standard InChI is InChI=1S/C20H25NO4/c1-6-14-7-9-15(10-8-14)13(2)21-20(22)16-11-12-17(23-3)19(25-5)18(16)24-4/h7-13H,6H2,1-5H3,(H,21,22). The van der Waals surface area contributed by atoms with E-state index in [4.69, 9.17) is 14.2 Å². The lowest BCUT2D eigenvalue weighted by Gasteiger charge is -2.18. The van der Waals surface area contributed by atoms with Crippen LogP contribution in [0, 0.1) is 0 Å². The Morgan fingerprint density at radius 2 is 1.60 bits per heavy atom. The van der Waals surface area contributed by atoms with E-state index in [0.717, 1.165) is 12.0 Å². The first-order valence-corrected chi connectivity index (χ1v) is 8.24. The number of rotatable bonds is 7. The predicted octanol–water partition coefficient (Wildman–Crippen LogP) is 3.77. The minimum Gasteiger partial charge on any atom is -0.493 e. The number of aryl methyl sites for hydroxylation is 1. The molecule has 25 heavy (non-hydrogen) atoms. The third-order valence-electron chi connectivity index (χ3n) is 4.18. The molecule has 0 spiro atoms. The number of methoxy groups -OCH3 is 3. The van der Waals surface area contributed by atoms with Gasteiger partial charge in [0.1, 0.15) is 0 Å². The number of hydrogen-bond donors (Lipinski definition) is 1. The summed E-state index contributed by atoms with van der Waals surface area (Å²) in [6, 6.07) is 11.5. The summed E-state index contributed by atoms with van der Waals surface area (Å²) in [6.07, 6.45) is 0.990. The van der Waals surface area contributed by atoms with Gasteiger partial charge in [-0.25, -0.2) is 0 Å². The van der Waals surface area contributed by atoms with Crippen LogP contribution >= 0.6 is 0 Å². The van der Waals surface area contributed by atoms with Crippen LogP contribution < -0.4 is 19.5 Å². The molecule has 0 aliphatic heterocycles. The molecule has 0 aliphatic carbocycles. The van der Waals surface area contributed by atoms with Gasteiger partial charge < -0.3 is 19.5 Å². The molecular weight excluding hydrogens is 318 g/mol. The van der Waals surface area contributed by atoms with E-state index in [1.54, 1.807) is 19.2 Å². The highest BCUT2D eigenvalue weighted by Crippen LogP contribution is 2.39. The summed E-state index contributed by atoms with van der Waals surface area (Å²) in [6.45, 7) is 4.07. The van der Waals surface area contributed by atoms with Crippen LogP contribution in [0.1, 0.15) is 41.4 Å². The van der Waals surface area contributed by atoms with E-state index in [1.807, 2.05) is 19.1 Å². The second kappa shape index (κ2) is 8.42.